The van der Waals surface area contributed by atoms with E-state index in [2.05, 4.69) is 20.5 Å². The van der Waals surface area contributed by atoms with E-state index in [0.29, 0.717) is 5.95 Å². The molecule has 5 heteroatoms. The summed E-state index contributed by atoms with van der Waals surface area (Å²) in [6.07, 6.45) is 4.40. The van der Waals surface area contributed by atoms with Gasteiger partial charge in [0.25, 0.3) is 5.95 Å². The minimum absolute atomic E-state index is 0.683. The first-order chi connectivity index (χ1) is 7.42. The number of rotatable bonds is 2. The first kappa shape index (κ1) is 8.67. The minimum Gasteiger partial charge on any atom is -0.286 e. The van der Waals surface area contributed by atoms with Gasteiger partial charge in [0, 0.05) is 19.3 Å². The molecule has 0 saturated carbocycles. The average molecular weight is 203 g/mol. The van der Waals surface area contributed by atoms with E-state index in [4.69, 9.17) is 0 Å². The summed E-state index contributed by atoms with van der Waals surface area (Å²) >= 11 is 0. The Morgan fingerprint density at radius 2 is 2.07 bits per heavy atom. The third-order valence-corrected chi connectivity index (χ3v) is 2.61. The molecule has 1 aliphatic heterocycles. The highest BCUT2D eigenvalue weighted by atomic mass is 15.6. The van der Waals surface area contributed by atoms with Crippen molar-refractivity contribution in [3.8, 4) is 0 Å². The Hall–Kier alpha value is -1.62. The van der Waals surface area contributed by atoms with E-state index < -0.39 is 0 Å². The molecule has 0 spiro atoms. The van der Waals surface area contributed by atoms with Crippen molar-refractivity contribution < 1.29 is 0 Å². The van der Waals surface area contributed by atoms with Crippen molar-refractivity contribution in [2.75, 3.05) is 18.5 Å². The molecule has 3 rings (SSSR count). The maximum Gasteiger partial charge on any atom is 0.257 e. The van der Waals surface area contributed by atoms with Gasteiger partial charge in [-0.3, -0.25) is 5.43 Å². The predicted octanol–water partition coefficient (Wildman–Crippen LogP) is 1.15. The fourth-order valence-electron chi connectivity index (χ4n) is 1.85. The smallest absolute Gasteiger partial charge is 0.257 e. The largest absolute Gasteiger partial charge is 0.286 e. The van der Waals surface area contributed by atoms with E-state index in [9.17, 15) is 0 Å². The highest BCUT2D eigenvalue weighted by Gasteiger charge is 2.13. The van der Waals surface area contributed by atoms with Crippen LogP contribution < -0.4 is 5.43 Å². The number of anilines is 1. The molecule has 3 heterocycles. The predicted molar refractivity (Wildman–Crippen MR) is 57.4 cm³/mol. The molecular weight excluding hydrogens is 190 g/mol. The molecule has 0 atom stereocenters. The van der Waals surface area contributed by atoms with Crippen LogP contribution in [0.2, 0.25) is 0 Å². The second-order valence-corrected chi connectivity index (χ2v) is 3.74. The number of aromatic nitrogens is 3. The second kappa shape index (κ2) is 3.51. The van der Waals surface area contributed by atoms with Gasteiger partial charge < -0.3 is 0 Å². The Balaban J connectivity index is 1.84. The number of pyridine rings is 1. The molecule has 0 aliphatic carbocycles. The van der Waals surface area contributed by atoms with Crippen molar-refractivity contribution in [1.29, 1.82) is 0 Å². The molecule has 1 fully saturated rings. The van der Waals surface area contributed by atoms with Crippen LogP contribution in [0, 0.1) is 0 Å². The Labute approximate surface area is 87.7 Å². The molecule has 0 amide bonds. The van der Waals surface area contributed by atoms with Crippen molar-refractivity contribution in [2.24, 2.45) is 0 Å². The standard InChI is InChI=1S/C10H13N5/c1-2-8-15-9(5-1)11-10(13-15)12-14-6-3-4-7-14/h1-2,5,8H,3-4,6-7H2,(H,12,13). The summed E-state index contributed by atoms with van der Waals surface area (Å²) in [5, 5.41) is 6.49. The molecule has 1 saturated heterocycles. The third-order valence-electron chi connectivity index (χ3n) is 2.61. The van der Waals surface area contributed by atoms with E-state index in [1.807, 2.05) is 24.4 Å². The summed E-state index contributed by atoms with van der Waals surface area (Å²) in [7, 11) is 0. The number of nitrogens with one attached hydrogen (secondary N) is 1. The van der Waals surface area contributed by atoms with Gasteiger partial charge in [-0.05, 0) is 25.0 Å². The van der Waals surface area contributed by atoms with Crippen molar-refractivity contribution in [3.05, 3.63) is 24.4 Å². The second-order valence-electron chi connectivity index (χ2n) is 3.74. The van der Waals surface area contributed by atoms with Crippen LogP contribution in [0.5, 0.6) is 0 Å². The zero-order chi connectivity index (χ0) is 10.1. The molecule has 0 unspecified atom stereocenters. The normalized spacial score (nSPS) is 17.3. The summed E-state index contributed by atoms with van der Waals surface area (Å²) in [4.78, 5) is 4.38. The fourth-order valence-corrected chi connectivity index (χ4v) is 1.85. The van der Waals surface area contributed by atoms with Gasteiger partial charge >= 0.3 is 0 Å². The lowest BCUT2D eigenvalue weighted by Crippen LogP contribution is -2.26. The van der Waals surface area contributed by atoms with Crippen LogP contribution in [-0.4, -0.2) is 32.7 Å². The quantitative estimate of drug-likeness (QED) is 0.795. The number of fused-ring (bicyclic) bond motifs is 1. The molecule has 1 aliphatic rings. The van der Waals surface area contributed by atoms with Crippen LogP contribution in [-0.2, 0) is 0 Å². The van der Waals surface area contributed by atoms with Crippen molar-refractivity contribution in [1.82, 2.24) is 19.6 Å². The highest BCUT2D eigenvalue weighted by molar-refractivity contribution is 5.42. The summed E-state index contributed by atoms with van der Waals surface area (Å²) in [6, 6.07) is 5.85. The van der Waals surface area contributed by atoms with Crippen LogP contribution in [0.3, 0.4) is 0 Å². The first-order valence-electron chi connectivity index (χ1n) is 5.25. The SMILES string of the molecule is c1ccn2nc(NN3CCCC3)nc2c1. The van der Waals surface area contributed by atoms with Gasteiger partial charge in [0.1, 0.15) is 0 Å². The van der Waals surface area contributed by atoms with Crippen molar-refractivity contribution in [3.63, 3.8) is 0 Å². The molecule has 2 aromatic rings. The summed E-state index contributed by atoms with van der Waals surface area (Å²) in [5.74, 6) is 0.683. The molecule has 0 radical (unpaired) electrons. The lowest BCUT2D eigenvalue weighted by Gasteiger charge is -2.13. The first-order valence-corrected chi connectivity index (χ1v) is 5.25. The van der Waals surface area contributed by atoms with Gasteiger partial charge in [-0.15, -0.1) is 5.10 Å². The van der Waals surface area contributed by atoms with Crippen LogP contribution >= 0.6 is 0 Å². The van der Waals surface area contributed by atoms with Gasteiger partial charge in [-0.1, -0.05) is 6.07 Å². The van der Waals surface area contributed by atoms with Crippen molar-refractivity contribution >= 4 is 11.6 Å². The number of hydrogen-bond donors (Lipinski definition) is 1. The van der Waals surface area contributed by atoms with Gasteiger partial charge in [-0.25, -0.2) is 9.52 Å². The van der Waals surface area contributed by atoms with E-state index >= 15 is 0 Å². The van der Waals surface area contributed by atoms with E-state index in [1.54, 1.807) is 4.52 Å². The molecular formula is C10H13N5. The molecule has 78 valence electrons. The maximum atomic E-state index is 4.38. The zero-order valence-electron chi connectivity index (χ0n) is 8.43. The monoisotopic (exact) mass is 203 g/mol. The van der Waals surface area contributed by atoms with Crippen LogP contribution in [0.1, 0.15) is 12.8 Å². The molecule has 15 heavy (non-hydrogen) atoms. The lowest BCUT2D eigenvalue weighted by atomic mass is 10.4. The van der Waals surface area contributed by atoms with Gasteiger partial charge in [-0.2, -0.15) is 4.98 Å². The Morgan fingerprint density at radius 1 is 1.20 bits per heavy atom. The van der Waals surface area contributed by atoms with Crippen LogP contribution in [0.25, 0.3) is 5.65 Å². The van der Waals surface area contributed by atoms with Crippen LogP contribution in [0.4, 0.5) is 5.95 Å². The van der Waals surface area contributed by atoms with Gasteiger partial charge in [0.05, 0.1) is 0 Å². The molecule has 0 bridgehead atoms. The molecule has 5 nitrogen and oxygen atoms in total. The van der Waals surface area contributed by atoms with E-state index in [1.165, 1.54) is 12.8 Å². The zero-order valence-corrected chi connectivity index (χ0v) is 8.43. The number of hydrogen-bond acceptors (Lipinski definition) is 4. The molecule has 0 aromatic carbocycles. The fraction of sp³-hybridized carbons (Fsp3) is 0.400. The Morgan fingerprint density at radius 3 is 2.87 bits per heavy atom. The minimum atomic E-state index is 0.683. The average Bonchev–Trinajstić information content (AvgIpc) is 2.86. The summed E-state index contributed by atoms with van der Waals surface area (Å²) in [5.41, 5.74) is 4.09. The lowest BCUT2D eigenvalue weighted by molar-refractivity contribution is 0.406. The van der Waals surface area contributed by atoms with Crippen molar-refractivity contribution in [2.45, 2.75) is 12.8 Å². The molecule has 2 aromatic heterocycles. The maximum absolute atomic E-state index is 4.38. The Bertz CT molecular complexity index is 425. The highest BCUT2D eigenvalue weighted by Crippen LogP contribution is 2.10. The summed E-state index contributed by atoms with van der Waals surface area (Å²) < 4.78 is 1.78. The number of nitrogens with zero attached hydrogens (tertiary/aromatic N) is 4. The van der Waals surface area contributed by atoms with Gasteiger partial charge in [0.2, 0.25) is 0 Å². The number of hydrazine groups is 1. The third kappa shape index (κ3) is 1.66. The topological polar surface area (TPSA) is 45.5 Å². The molecule has 1 N–H and O–H groups in total. The van der Waals surface area contributed by atoms with E-state index in [0.717, 1.165) is 18.7 Å². The van der Waals surface area contributed by atoms with E-state index in [-0.39, 0.29) is 0 Å². The van der Waals surface area contributed by atoms with Crippen LogP contribution in [0.15, 0.2) is 24.4 Å². The summed E-state index contributed by atoms with van der Waals surface area (Å²) in [6.45, 7) is 2.16. The van der Waals surface area contributed by atoms with Gasteiger partial charge in [0.15, 0.2) is 5.65 Å². The Kier molecular flexibility index (Phi) is 2.03.